The van der Waals surface area contributed by atoms with E-state index < -0.39 is 0 Å². The number of hydrogen-bond acceptors (Lipinski definition) is 5. The van der Waals surface area contributed by atoms with Gasteiger partial charge in [-0.15, -0.1) is 10.2 Å². The molecule has 1 aliphatic heterocycles. The molecule has 2 heterocycles. The summed E-state index contributed by atoms with van der Waals surface area (Å²) in [5, 5.41) is 9.03. The Labute approximate surface area is 156 Å². The maximum Gasteiger partial charge on any atom is 0.210 e. The predicted molar refractivity (Wildman–Crippen MR) is 103 cm³/mol. The van der Waals surface area contributed by atoms with Gasteiger partial charge in [0.25, 0.3) is 0 Å². The third kappa shape index (κ3) is 3.01. The van der Waals surface area contributed by atoms with E-state index in [-0.39, 0.29) is 23.0 Å². The molecule has 6 heteroatoms. The standard InChI is InChI=1S/C20H20N4OS/c1-13(2)19-21-22-20-24(19)23-16(14-9-5-3-6-10-14)18(26-20)17(25)15-11-7-4-8-12-15/h3-13,16,18,23H,1-2H3/t16-,18+/m0/s1. The Morgan fingerprint density at radius 2 is 1.69 bits per heavy atom. The molecule has 0 unspecified atom stereocenters. The monoisotopic (exact) mass is 364 g/mol. The first-order valence-electron chi connectivity index (χ1n) is 8.68. The lowest BCUT2D eigenvalue weighted by Crippen LogP contribution is -2.39. The topological polar surface area (TPSA) is 59.8 Å². The Balaban J connectivity index is 1.76. The van der Waals surface area contributed by atoms with Crippen molar-refractivity contribution in [2.75, 3.05) is 5.43 Å². The van der Waals surface area contributed by atoms with Crippen LogP contribution < -0.4 is 5.43 Å². The minimum atomic E-state index is -0.309. The Morgan fingerprint density at radius 3 is 2.35 bits per heavy atom. The molecule has 132 valence electrons. The largest absolute Gasteiger partial charge is 0.313 e. The average molecular weight is 364 g/mol. The van der Waals surface area contributed by atoms with Crippen molar-refractivity contribution in [3.05, 3.63) is 77.6 Å². The molecule has 0 spiro atoms. The minimum absolute atomic E-state index is 0.0947. The molecular weight excluding hydrogens is 344 g/mol. The van der Waals surface area contributed by atoms with Crippen LogP contribution >= 0.6 is 11.8 Å². The molecule has 3 aromatic rings. The van der Waals surface area contributed by atoms with Gasteiger partial charge in [-0.1, -0.05) is 86.3 Å². The number of benzene rings is 2. The summed E-state index contributed by atoms with van der Waals surface area (Å²) >= 11 is 1.48. The van der Waals surface area contributed by atoms with E-state index in [1.54, 1.807) is 0 Å². The van der Waals surface area contributed by atoms with Crippen molar-refractivity contribution in [1.29, 1.82) is 0 Å². The van der Waals surface area contributed by atoms with Crippen LogP contribution in [0.3, 0.4) is 0 Å². The van der Waals surface area contributed by atoms with Crippen LogP contribution in [0.4, 0.5) is 0 Å². The second kappa shape index (κ2) is 6.96. The van der Waals surface area contributed by atoms with Gasteiger partial charge in [-0.2, -0.15) is 0 Å². The highest BCUT2D eigenvalue weighted by Gasteiger charge is 2.38. The van der Waals surface area contributed by atoms with Gasteiger partial charge in [0.05, 0.1) is 6.04 Å². The van der Waals surface area contributed by atoms with E-state index >= 15 is 0 Å². The average Bonchev–Trinajstić information content (AvgIpc) is 3.11. The van der Waals surface area contributed by atoms with Crippen LogP contribution in [-0.4, -0.2) is 25.9 Å². The molecule has 0 radical (unpaired) electrons. The van der Waals surface area contributed by atoms with Gasteiger partial charge in [0.2, 0.25) is 5.16 Å². The summed E-state index contributed by atoms with van der Waals surface area (Å²) in [7, 11) is 0. The molecule has 5 nitrogen and oxygen atoms in total. The summed E-state index contributed by atoms with van der Waals surface area (Å²) in [4.78, 5) is 13.2. The van der Waals surface area contributed by atoms with Crippen LogP contribution in [0.15, 0.2) is 65.8 Å². The predicted octanol–water partition coefficient (Wildman–Crippen LogP) is 4.04. The Kier molecular flexibility index (Phi) is 4.51. The SMILES string of the molecule is CC(C)c1nnc2n1N[C@@H](c1ccccc1)[C@H](C(=O)c1ccccc1)S2. The molecule has 0 aliphatic carbocycles. The second-order valence-electron chi connectivity index (χ2n) is 6.62. The van der Waals surface area contributed by atoms with E-state index in [0.717, 1.165) is 16.5 Å². The fourth-order valence-corrected chi connectivity index (χ4v) is 4.29. The van der Waals surface area contributed by atoms with Crippen LogP contribution in [0.1, 0.15) is 47.6 Å². The Hall–Kier alpha value is -2.60. The fraction of sp³-hybridized carbons (Fsp3) is 0.250. The highest BCUT2D eigenvalue weighted by Crippen LogP contribution is 2.39. The van der Waals surface area contributed by atoms with Gasteiger partial charge < -0.3 is 5.43 Å². The van der Waals surface area contributed by atoms with Gasteiger partial charge in [0.15, 0.2) is 11.6 Å². The Bertz CT molecular complexity index is 908. The third-order valence-corrected chi connectivity index (χ3v) is 5.67. The first kappa shape index (κ1) is 16.8. The van der Waals surface area contributed by atoms with Crippen LogP contribution in [0.2, 0.25) is 0 Å². The number of aromatic nitrogens is 3. The maximum absolute atomic E-state index is 13.2. The molecule has 0 amide bonds. The lowest BCUT2D eigenvalue weighted by molar-refractivity contribution is 0.0980. The van der Waals surface area contributed by atoms with E-state index in [0.29, 0.717) is 5.56 Å². The van der Waals surface area contributed by atoms with Crippen molar-refractivity contribution in [3.8, 4) is 0 Å². The zero-order valence-corrected chi connectivity index (χ0v) is 15.5. The smallest absolute Gasteiger partial charge is 0.210 e. The molecule has 0 saturated heterocycles. The van der Waals surface area contributed by atoms with Gasteiger partial charge in [-0.05, 0) is 5.56 Å². The molecule has 1 aliphatic rings. The lowest BCUT2D eigenvalue weighted by atomic mass is 9.97. The summed E-state index contributed by atoms with van der Waals surface area (Å²) in [5.74, 6) is 1.21. The second-order valence-corrected chi connectivity index (χ2v) is 7.73. The molecule has 0 bridgehead atoms. The molecule has 26 heavy (non-hydrogen) atoms. The summed E-state index contributed by atoms with van der Waals surface area (Å²) in [5.41, 5.74) is 5.28. The lowest BCUT2D eigenvalue weighted by Gasteiger charge is -2.33. The van der Waals surface area contributed by atoms with Crippen molar-refractivity contribution >= 4 is 17.5 Å². The first-order valence-corrected chi connectivity index (χ1v) is 9.56. The van der Waals surface area contributed by atoms with Crippen molar-refractivity contribution < 1.29 is 4.79 Å². The number of Topliss-reactive ketones (excluding diaryl/α,β-unsaturated/α-hetero) is 1. The molecule has 0 fully saturated rings. The highest BCUT2D eigenvalue weighted by molar-refractivity contribution is 8.00. The summed E-state index contributed by atoms with van der Waals surface area (Å²) in [6, 6.07) is 19.4. The molecule has 2 atom stereocenters. The van der Waals surface area contributed by atoms with Gasteiger partial charge in [0, 0.05) is 11.5 Å². The maximum atomic E-state index is 13.2. The number of hydrogen-bond donors (Lipinski definition) is 1. The number of carbonyl (C=O) groups excluding carboxylic acids is 1. The third-order valence-electron chi connectivity index (χ3n) is 4.45. The molecule has 1 N–H and O–H groups in total. The molecule has 0 saturated carbocycles. The van der Waals surface area contributed by atoms with Gasteiger partial charge in [0.1, 0.15) is 5.25 Å². The van der Waals surface area contributed by atoms with E-state index in [4.69, 9.17) is 0 Å². The van der Waals surface area contributed by atoms with Crippen LogP contribution in [0, 0.1) is 0 Å². The number of thioether (sulfide) groups is 1. The number of rotatable bonds is 4. The number of nitrogens with one attached hydrogen (secondary N) is 1. The number of carbonyl (C=O) groups is 1. The van der Waals surface area contributed by atoms with Crippen LogP contribution in [-0.2, 0) is 0 Å². The fourth-order valence-electron chi connectivity index (χ4n) is 3.12. The van der Waals surface area contributed by atoms with E-state index in [1.165, 1.54) is 11.8 Å². The minimum Gasteiger partial charge on any atom is -0.313 e. The quantitative estimate of drug-likeness (QED) is 0.708. The van der Waals surface area contributed by atoms with Crippen molar-refractivity contribution in [2.45, 2.75) is 36.2 Å². The van der Waals surface area contributed by atoms with Crippen LogP contribution in [0.5, 0.6) is 0 Å². The molecular formula is C20H20N4OS. The normalized spacial score (nSPS) is 19.0. The zero-order chi connectivity index (χ0) is 18.1. The summed E-state index contributed by atoms with van der Waals surface area (Å²) in [6.45, 7) is 4.17. The zero-order valence-electron chi connectivity index (χ0n) is 14.7. The van der Waals surface area contributed by atoms with E-state index in [2.05, 4.69) is 29.5 Å². The summed E-state index contributed by atoms with van der Waals surface area (Å²) < 4.78 is 1.93. The first-order chi connectivity index (χ1) is 12.6. The molecule has 1 aromatic heterocycles. The van der Waals surface area contributed by atoms with Crippen molar-refractivity contribution in [1.82, 2.24) is 14.9 Å². The number of fused-ring (bicyclic) bond motifs is 1. The Morgan fingerprint density at radius 1 is 1.04 bits per heavy atom. The van der Waals surface area contributed by atoms with Crippen LogP contribution in [0.25, 0.3) is 0 Å². The van der Waals surface area contributed by atoms with E-state index in [9.17, 15) is 4.79 Å². The van der Waals surface area contributed by atoms with Gasteiger partial charge in [-0.25, -0.2) is 4.68 Å². The molecule has 4 rings (SSSR count). The van der Waals surface area contributed by atoms with Crippen molar-refractivity contribution in [3.63, 3.8) is 0 Å². The van der Waals surface area contributed by atoms with E-state index in [1.807, 2.05) is 65.3 Å². The summed E-state index contributed by atoms with van der Waals surface area (Å²) in [6.07, 6.45) is 0. The van der Waals surface area contributed by atoms with Crippen molar-refractivity contribution in [2.24, 2.45) is 0 Å². The number of nitrogens with zero attached hydrogens (tertiary/aromatic N) is 3. The van der Waals surface area contributed by atoms with Gasteiger partial charge in [-0.3, -0.25) is 4.79 Å². The highest BCUT2D eigenvalue weighted by atomic mass is 32.2. The van der Waals surface area contributed by atoms with Gasteiger partial charge >= 0.3 is 0 Å². The number of ketones is 1. The molecule has 2 aromatic carbocycles.